The van der Waals surface area contributed by atoms with Crippen molar-refractivity contribution in [3.8, 4) is 0 Å². The van der Waals surface area contributed by atoms with E-state index in [9.17, 15) is 20.0 Å². The summed E-state index contributed by atoms with van der Waals surface area (Å²) in [5, 5.41) is 23.4. The van der Waals surface area contributed by atoms with E-state index in [4.69, 9.17) is 0 Å². The van der Waals surface area contributed by atoms with Gasteiger partial charge in [0.1, 0.15) is 4.90 Å². The summed E-state index contributed by atoms with van der Waals surface area (Å²) in [6, 6.07) is 8.05. The fourth-order valence-electron chi connectivity index (χ4n) is 3.91. The van der Waals surface area contributed by atoms with Gasteiger partial charge in [-0.05, 0) is 69.4 Å². The Hall–Kier alpha value is -1.64. The van der Waals surface area contributed by atoms with Crippen LogP contribution in [0.3, 0.4) is 0 Å². The van der Waals surface area contributed by atoms with Gasteiger partial charge in [-0.3, -0.25) is 14.8 Å². The molecule has 0 aliphatic heterocycles. The normalized spacial score (nSPS) is 18.1. The summed E-state index contributed by atoms with van der Waals surface area (Å²) in [7, 11) is 0. The number of nitrogens with one attached hydrogen (secondary N) is 1. The Labute approximate surface area is 171 Å². The molecule has 0 heterocycles. The summed E-state index contributed by atoms with van der Waals surface area (Å²) in [6.07, 6.45) is 15.0. The monoisotopic (exact) mass is 409 g/mol. The first-order valence-electron chi connectivity index (χ1n) is 10.2. The maximum atomic E-state index is 10.6. The van der Waals surface area contributed by atoms with Crippen LogP contribution in [0.5, 0.6) is 0 Å². The molecule has 8 heteroatoms. The number of para-hydroxylation sites is 1. The van der Waals surface area contributed by atoms with E-state index in [2.05, 4.69) is 10.0 Å². The molecule has 1 aromatic carbocycles. The lowest BCUT2D eigenvalue weighted by atomic mass is 9.91. The van der Waals surface area contributed by atoms with Gasteiger partial charge in [-0.1, -0.05) is 25.0 Å². The number of carboxylic acids is 1. The van der Waals surface area contributed by atoms with Crippen LogP contribution in [0, 0.1) is 10.1 Å². The summed E-state index contributed by atoms with van der Waals surface area (Å²) in [4.78, 5) is 20.5. The van der Waals surface area contributed by atoms with E-state index < -0.39 is 10.9 Å². The van der Waals surface area contributed by atoms with Gasteiger partial charge in [0.05, 0.1) is 23.0 Å². The first-order valence-corrected chi connectivity index (χ1v) is 11.1. The van der Waals surface area contributed by atoms with Crippen molar-refractivity contribution >= 4 is 23.6 Å². The number of carboxylic acid groups (broad SMARTS) is 1. The molecule has 0 unspecified atom stereocenters. The second-order valence-electron chi connectivity index (χ2n) is 7.51. The molecule has 28 heavy (non-hydrogen) atoms. The number of benzene rings is 1. The van der Waals surface area contributed by atoms with Crippen LogP contribution < -0.4 is 15.1 Å². The van der Waals surface area contributed by atoms with Crippen LogP contribution in [0.2, 0.25) is 0 Å². The molecule has 0 amide bonds. The third-order valence-electron chi connectivity index (χ3n) is 5.30. The number of nitro benzene ring substituents is 1. The molecule has 2 aliphatic carbocycles. The quantitative estimate of drug-likeness (QED) is 0.405. The summed E-state index contributed by atoms with van der Waals surface area (Å²) < 4.78 is 2.45. The number of nitro groups is 1. The molecular weight excluding hydrogens is 378 g/mol. The molecule has 2 aliphatic rings. The van der Waals surface area contributed by atoms with Gasteiger partial charge in [0.15, 0.2) is 0 Å². The van der Waals surface area contributed by atoms with Gasteiger partial charge in [0.2, 0.25) is 0 Å². The van der Waals surface area contributed by atoms with Crippen LogP contribution in [0.4, 0.5) is 5.69 Å². The van der Waals surface area contributed by atoms with E-state index in [-0.39, 0.29) is 12.2 Å². The number of carbonyl (C=O) groups is 1. The van der Waals surface area contributed by atoms with Crippen molar-refractivity contribution in [2.45, 2.75) is 81.2 Å². The standard InChI is InChI=1S/C12H23N.C8H8N2O4S/c1-3-7-11(8-4-1)13-12-9-5-2-6-10-12;11-8(12)5-9-15-7-4-2-1-3-6(7)10(13)14/h11-13H,1-10H2;1-4,9H,5H2,(H,11,12). The average molecular weight is 410 g/mol. The fraction of sp³-hybridized carbons (Fsp3) is 0.650. The predicted octanol–water partition coefficient (Wildman–Crippen LogP) is 2.16. The Morgan fingerprint density at radius 1 is 1.04 bits per heavy atom. The first-order chi connectivity index (χ1) is 13.6. The van der Waals surface area contributed by atoms with Crippen LogP contribution in [-0.4, -0.2) is 29.5 Å². The Morgan fingerprint density at radius 3 is 2.07 bits per heavy atom. The molecule has 2 fully saturated rings. The van der Waals surface area contributed by atoms with Crippen molar-refractivity contribution in [1.29, 1.82) is 0 Å². The van der Waals surface area contributed by atoms with Gasteiger partial charge >= 0.3 is 0 Å². The number of nitrogens with zero attached hydrogens (tertiary/aromatic N) is 1. The fourth-order valence-corrected chi connectivity index (χ4v) is 4.64. The summed E-state index contributed by atoms with van der Waals surface area (Å²) in [5.41, 5.74) is -0.0617. The predicted molar refractivity (Wildman–Crippen MR) is 108 cm³/mol. The van der Waals surface area contributed by atoms with Crippen LogP contribution in [0.15, 0.2) is 29.2 Å². The van der Waals surface area contributed by atoms with Crippen molar-refractivity contribution in [3.63, 3.8) is 0 Å². The zero-order chi connectivity index (χ0) is 20.2. The van der Waals surface area contributed by atoms with Crippen LogP contribution in [0.1, 0.15) is 64.2 Å². The van der Waals surface area contributed by atoms with E-state index in [1.54, 1.807) is 12.1 Å². The number of rotatable bonds is 7. The molecule has 0 spiro atoms. The Kier molecular flexibility index (Phi) is 10.3. The Balaban J connectivity index is 0.000000202. The van der Waals surface area contributed by atoms with E-state index in [1.165, 1.54) is 76.3 Å². The molecule has 3 rings (SSSR count). The summed E-state index contributed by atoms with van der Waals surface area (Å²) >= 11 is 0.891. The van der Waals surface area contributed by atoms with Crippen LogP contribution in [0.25, 0.3) is 0 Å². The number of hydrogen-bond donors (Lipinski definition) is 2. The van der Waals surface area contributed by atoms with E-state index in [1.807, 2.05) is 0 Å². The highest BCUT2D eigenvalue weighted by Crippen LogP contribution is 2.26. The lowest BCUT2D eigenvalue weighted by molar-refractivity contribution is -0.725. The van der Waals surface area contributed by atoms with E-state index >= 15 is 0 Å². The van der Waals surface area contributed by atoms with Crippen LogP contribution >= 0.6 is 11.9 Å². The molecule has 2 saturated carbocycles. The van der Waals surface area contributed by atoms with Gasteiger partial charge in [-0.15, -0.1) is 0 Å². The molecule has 156 valence electrons. The maximum Gasteiger partial charge on any atom is 0.284 e. The molecule has 0 aromatic heterocycles. The van der Waals surface area contributed by atoms with Gasteiger partial charge in [-0.2, -0.15) is 0 Å². The smallest absolute Gasteiger partial charge is 0.284 e. The number of hydrogen-bond acceptors (Lipinski definition) is 6. The SMILES string of the molecule is C1CCC([NH2+]C2CCCCC2)CC1.O=C([O-])CNSc1ccccc1[N+](=O)[O-]. The first kappa shape index (κ1) is 22.6. The highest BCUT2D eigenvalue weighted by Gasteiger charge is 2.22. The van der Waals surface area contributed by atoms with Crippen LogP contribution in [-0.2, 0) is 4.79 Å². The van der Waals surface area contributed by atoms with Crippen molar-refractivity contribution in [2.75, 3.05) is 6.54 Å². The highest BCUT2D eigenvalue weighted by molar-refractivity contribution is 7.97. The molecule has 0 radical (unpaired) electrons. The zero-order valence-corrected chi connectivity index (χ0v) is 17.1. The third kappa shape index (κ3) is 8.58. The van der Waals surface area contributed by atoms with Crippen molar-refractivity contribution < 1.29 is 20.1 Å². The minimum atomic E-state index is -1.26. The van der Waals surface area contributed by atoms with E-state index in [0.29, 0.717) is 4.90 Å². The van der Waals surface area contributed by atoms with Crippen molar-refractivity contribution in [1.82, 2.24) is 4.72 Å². The third-order valence-corrected chi connectivity index (χ3v) is 6.16. The number of nitrogens with two attached hydrogens (primary N) is 1. The molecule has 0 saturated heterocycles. The minimum Gasteiger partial charge on any atom is -0.549 e. The maximum absolute atomic E-state index is 10.6. The molecule has 0 bridgehead atoms. The topological polar surface area (TPSA) is 112 Å². The van der Waals surface area contributed by atoms with Gasteiger partial charge in [-0.25, -0.2) is 0 Å². The lowest BCUT2D eigenvalue weighted by Crippen LogP contribution is -2.95. The zero-order valence-electron chi connectivity index (χ0n) is 16.3. The molecular formula is C20H31N3O4S. The molecule has 1 aromatic rings. The second-order valence-corrected chi connectivity index (χ2v) is 8.44. The second kappa shape index (κ2) is 12.7. The van der Waals surface area contributed by atoms with Gasteiger partial charge < -0.3 is 15.2 Å². The number of carbonyl (C=O) groups excluding carboxylic acids is 1. The summed E-state index contributed by atoms with van der Waals surface area (Å²) in [6.45, 7) is -0.364. The minimum absolute atomic E-state index is 0.0617. The van der Waals surface area contributed by atoms with Crippen molar-refractivity contribution in [3.05, 3.63) is 34.4 Å². The molecule has 3 N–H and O–H groups in total. The van der Waals surface area contributed by atoms with Gasteiger partial charge in [0.25, 0.3) is 5.69 Å². The lowest BCUT2D eigenvalue weighted by Gasteiger charge is -2.27. The Bertz CT molecular complexity index is 601. The summed E-state index contributed by atoms with van der Waals surface area (Å²) in [5.74, 6) is -1.26. The number of aliphatic carboxylic acids is 1. The Morgan fingerprint density at radius 2 is 1.57 bits per heavy atom. The van der Waals surface area contributed by atoms with E-state index in [0.717, 1.165) is 24.0 Å². The number of quaternary nitrogens is 1. The molecule has 7 nitrogen and oxygen atoms in total. The highest BCUT2D eigenvalue weighted by atomic mass is 32.2. The van der Waals surface area contributed by atoms with Crippen molar-refractivity contribution in [2.24, 2.45) is 0 Å². The average Bonchev–Trinajstić information content (AvgIpc) is 2.70. The largest absolute Gasteiger partial charge is 0.549 e. The van der Waals surface area contributed by atoms with Gasteiger partial charge in [0, 0.05) is 12.6 Å². The molecule has 0 atom stereocenters.